The van der Waals surface area contributed by atoms with Gasteiger partial charge in [-0.2, -0.15) is 0 Å². The molecule has 5 nitrogen and oxygen atoms in total. The molecule has 0 aliphatic carbocycles. The van der Waals surface area contributed by atoms with Gasteiger partial charge in [-0.3, -0.25) is 5.21 Å². The van der Waals surface area contributed by atoms with E-state index in [1.807, 2.05) is 48.5 Å². The minimum absolute atomic E-state index is 0.247. The summed E-state index contributed by atoms with van der Waals surface area (Å²) in [5.41, 5.74) is 3.49. The van der Waals surface area contributed by atoms with Crippen molar-refractivity contribution in [3.8, 4) is 5.75 Å². The Hall–Kier alpha value is -2.79. The average molecular weight is 282 g/mol. The molecular weight excluding hydrogens is 268 g/mol. The smallest absolute Gasteiger partial charge is 0.193 e. The summed E-state index contributed by atoms with van der Waals surface area (Å²) >= 11 is 0. The molecule has 0 aliphatic heterocycles. The van der Waals surface area contributed by atoms with Gasteiger partial charge in [0.2, 0.25) is 0 Å². The lowest BCUT2D eigenvalue weighted by Crippen LogP contribution is -2.19. The summed E-state index contributed by atoms with van der Waals surface area (Å²) in [5.74, 6) is 1.44. The van der Waals surface area contributed by atoms with Crippen LogP contribution in [0.25, 0.3) is 11.0 Å². The van der Waals surface area contributed by atoms with Gasteiger partial charge in [-0.25, -0.2) is 10.5 Å². The number of para-hydroxylation sites is 1. The van der Waals surface area contributed by atoms with Gasteiger partial charge >= 0.3 is 0 Å². The third-order valence-electron chi connectivity index (χ3n) is 3.06. The van der Waals surface area contributed by atoms with E-state index < -0.39 is 0 Å². The van der Waals surface area contributed by atoms with Gasteiger partial charge in [-0.05, 0) is 36.4 Å². The van der Waals surface area contributed by atoms with E-state index in [2.05, 4.69) is 10.5 Å². The number of fused-ring (bicyclic) bond motifs is 1. The molecule has 2 aromatic carbocycles. The van der Waals surface area contributed by atoms with Crippen molar-refractivity contribution in [2.75, 3.05) is 7.11 Å². The van der Waals surface area contributed by atoms with Gasteiger partial charge in [-0.15, -0.1) is 0 Å². The highest BCUT2D eigenvalue weighted by molar-refractivity contribution is 6.00. The van der Waals surface area contributed by atoms with Crippen LogP contribution in [-0.4, -0.2) is 18.2 Å². The Kier molecular flexibility index (Phi) is 3.57. The Balaban J connectivity index is 2.03. The van der Waals surface area contributed by atoms with Crippen LogP contribution in [0.1, 0.15) is 5.76 Å². The molecule has 21 heavy (non-hydrogen) atoms. The van der Waals surface area contributed by atoms with E-state index in [9.17, 15) is 5.21 Å². The van der Waals surface area contributed by atoms with Gasteiger partial charge < -0.3 is 9.15 Å². The maximum atomic E-state index is 9.30. The number of hydrogen-bond donors (Lipinski definition) is 2. The minimum atomic E-state index is 0.247. The second-order valence-corrected chi connectivity index (χ2v) is 4.42. The Bertz CT molecular complexity index is 779. The molecule has 106 valence electrons. The molecule has 0 amide bonds. The van der Waals surface area contributed by atoms with E-state index in [1.165, 1.54) is 0 Å². The number of amidine groups is 1. The number of nitrogens with zero attached hydrogens (tertiary/aromatic N) is 1. The SMILES string of the molecule is COc1ccc2oc(C(=Nc3ccccc3)NO)cc2c1. The summed E-state index contributed by atoms with van der Waals surface area (Å²) in [4.78, 5) is 4.32. The van der Waals surface area contributed by atoms with E-state index in [0.29, 0.717) is 17.0 Å². The van der Waals surface area contributed by atoms with Gasteiger partial charge in [0.1, 0.15) is 11.3 Å². The van der Waals surface area contributed by atoms with E-state index in [-0.39, 0.29) is 5.84 Å². The molecule has 1 heterocycles. The van der Waals surface area contributed by atoms with E-state index in [0.717, 1.165) is 11.1 Å². The number of rotatable bonds is 3. The number of hydroxylamine groups is 1. The van der Waals surface area contributed by atoms with E-state index in [1.54, 1.807) is 13.2 Å². The van der Waals surface area contributed by atoms with Crippen molar-refractivity contribution in [3.05, 3.63) is 60.4 Å². The quantitative estimate of drug-likeness (QED) is 0.438. The van der Waals surface area contributed by atoms with Crippen LogP contribution in [0.3, 0.4) is 0 Å². The Morgan fingerprint density at radius 2 is 1.95 bits per heavy atom. The molecule has 0 unspecified atom stereocenters. The topological polar surface area (TPSA) is 67.0 Å². The summed E-state index contributed by atoms with van der Waals surface area (Å²) in [6.07, 6.45) is 0. The van der Waals surface area contributed by atoms with Crippen molar-refractivity contribution in [1.29, 1.82) is 0 Å². The first-order valence-electron chi connectivity index (χ1n) is 6.42. The van der Waals surface area contributed by atoms with Gasteiger partial charge in [-0.1, -0.05) is 18.2 Å². The largest absolute Gasteiger partial charge is 0.497 e. The maximum Gasteiger partial charge on any atom is 0.193 e. The van der Waals surface area contributed by atoms with Gasteiger partial charge in [0, 0.05) is 5.39 Å². The monoisotopic (exact) mass is 282 g/mol. The Labute approximate surface area is 121 Å². The zero-order valence-corrected chi connectivity index (χ0v) is 11.4. The van der Waals surface area contributed by atoms with Gasteiger partial charge in [0.05, 0.1) is 12.8 Å². The van der Waals surface area contributed by atoms with Gasteiger partial charge in [0.25, 0.3) is 0 Å². The Morgan fingerprint density at radius 3 is 2.67 bits per heavy atom. The molecule has 3 rings (SSSR count). The van der Waals surface area contributed by atoms with Crippen LogP contribution < -0.4 is 10.2 Å². The zero-order chi connectivity index (χ0) is 14.7. The molecule has 0 bridgehead atoms. The minimum Gasteiger partial charge on any atom is -0.497 e. The molecule has 0 saturated heterocycles. The number of ether oxygens (including phenoxy) is 1. The summed E-state index contributed by atoms with van der Waals surface area (Å²) in [6, 6.07) is 16.6. The molecule has 0 fully saturated rings. The normalized spacial score (nSPS) is 11.6. The second-order valence-electron chi connectivity index (χ2n) is 4.42. The van der Waals surface area contributed by atoms with Crippen LogP contribution >= 0.6 is 0 Å². The van der Waals surface area contributed by atoms with Crippen molar-refractivity contribution in [1.82, 2.24) is 5.48 Å². The fourth-order valence-electron chi connectivity index (χ4n) is 2.03. The highest BCUT2D eigenvalue weighted by Crippen LogP contribution is 2.25. The summed E-state index contributed by atoms with van der Waals surface area (Å²) in [7, 11) is 1.61. The predicted octanol–water partition coefficient (Wildman–Crippen LogP) is 3.50. The number of hydrogen-bond acceptors (Lipinski definition) is 4. The lowest BCUT2D eigenvalue weighted by Gasteiger charge is -2.00. The predicted molar refractivity (Wildman–Crippen MR) is 80.3 cm³/mol. The van der Waals surface area contributed by atoms with Crippen LogP contribution in [0.5, 0.6) is 5.75 Å². The molecule has 0 atom stereocenters. The summed E-state index contributed by atoms with van der Waals surface area (Å²) in [6.45, 7) is 0. The molecule has 1 aromatic heterocycles. The van der Waals surface area contributed by atoms with Crippen molar-refractivity contribution < 1.29 is 14.4 Å². The average Bonchev–Trinajstić information content (AvgIpc) is 2.96. The number of furan rings is 1. The van der Waals surface area contributed by atoms with E-state index in [4.69, 9.17) is 9.15 Å². The van der Waals surface area contributed by atoms with Crippen LogP contribution in [0, 0.1) is 0 Å². The number of benzene rings is 2. The van der Waals surface area contributed by atoms with Crippen LogP contribution in [0.15, 0.2) is 64.0 Å². The zero-order valence-electron chi connectivity index (χ0n) is 11.4. The second kappa shape index (κ2) is 5.68. The molecular formula is C16H14N2O3. The summed E-state index contributed by atoms with van der Waals surface area (Å²) < 4.78 is 10.9. The van der Waals surface area contributed by atoms with Crippen LogP contribution in [0.4, 0.5) is 5.69 Å². The van der Waals surface area contributed by atoms with Crippen LogP contribution in [-0.2, 0) is 0 Å². The van der Waals surface area contributed by atoms with Crippen molar-refractivity contribution >= 4 is 22.5 Å². The fourth-order valence-corrected chi connectivity index (χ4v) is 2.03. The van der Waals surface area contributed by atoms with Crippen molar-refractivity contribution in [2.24, 2.45) is 4.99 Å². The molecule has 5 heteroatoms. The van der Waals surface area contributed by atoms with Gasteiger partial charge in [0.15, 0.2) is 11.6 Å². The summed E-state index contributed by atoms with van der Waals surface area (Å²) in [5, 5.41) is 10.2. The number of methoxy groups -OCH3 is 1. The maximum absolute atomic E-state index is 9.30. The first-order valence-corrected chi connectivity index (χ1v) is 6.42. The van der Waals surface area contributed by atoms with Crippen molar-refractivity contribution in [2.45, 2.75) is 0 Å². The third kappa shape index (κ3) is 2.73. The molecule has 3 aromatic rings. The molecule has 0 spiro atoms. The fraction of sp³-hybridized carbons (Fsp3) is 0.0625. The lowest BCUT2D eigenvalue weighted by atomic mass is 10.2. The van der Waals surface area contributed by atoms with Crippen LogP contribution in [0.2, 0.25) is 0 Å². The number of aliphatic imine (C=N–C) groups is 1. The highest BCUT2D eigenvalue weighted by Gasteiger charge is 2.10. The van der Waals surface area contributed by atoms with E-state index >= 15 is 0 Å². The molecule has 0 saturated carbocycles. The molecule has 0 radical (unpaired) electrons. The first kappa shape index (κ1) is 13.2. The molecule has 2 N–H and O–H groups in total. The van der Waals surface area contributed by atoms with Crippen molar-refractivity contribution in [3.63, 3.8) is 0 Å². The third-order valence-corrected chi connectivity index (χ3v) is 3.06. The molecule has 0 aliphatic rings. The highest BCUT2D eigenvalue weighted by atomic mass is 16.5. The lowest BCUT2D eigenvalue weighted by molar-refractivity contribution is 0.233. The standard InChI is InChI=1S/C16H14N2O3/c1-20-13-7-8-14-11(9-13)10-15(21-14)16(18-19)17-12-5-3-2-4-6-12/h2-10,19H,1H3,(H,17,18). The first-order chi connectivity index (χ1) is 10.3. The Morgan fingerprint density at radius 1 is 1.14 bits per heavy atom. The number of nitrogens with one attached hydrogen (secondary N) is 1.